The predicted octanol–water partition coefficient (Wildman–Crippen LogP) is 6.44. The van der Waals surface area contributed by atoms with E-state index in [9.17, 15) is 4.79 Å². The van der Waals surface area contributed by atoms with Gasteiger partial charge in [0.1, 0.15) is 0 Å². The van der Waals surface area contributed by atoms with Crippen molar-refractivity contribution in [3.63, 3.8) is 0 Å². The molecule has 0 aromatic carbocycles. The molecule has 0 bridgehead atoms. The Hall–Kier alpha value is -1.31. The summed E-state index contributed by atoms with van der Waals surface area (Å²) in [4.78, 5) is 13.0. The van der Waals surface area contributed by atoms with Crippen LogP contribution in [0.3, 0.4) is 0 Å². The zero-order valence-electron chi connectivity index (χ0n) is 16.1. The Morgan fingerprint density at radius 3 is 1.96 bits per heavy atom. The van der Waals surface area contributed by atoms with Gasteiger partial charge in [0.25, 0.3) is 0 Å². The normalized spacial score (nSPS) is 11.4. The Bertz CT molecular complexity index is 357. The standard InChI is InChI=1S/C22H39NO/c1-4-6-7-8-9-10-11-12-13-14-15-16-17-18-19-20-21-23(3)22(24)5-2/h5,9-10,12-13H,2,4,6-8,11,14-21H2,1,3H3/b10-9-,13-12-. The van der Waals surface area contributed by atoms with Gasteiger partial charge in [0.05, 0.1) is 0 Å². The summed E-state index contributed by atoms with van der Waals surface area (Å²) in [7, 11) is 1.84. The average Bonchev–Trinajstić information content (AvgIpc) is 2.60. The maximum Gasteiger partial charge on any atom is 0.245 e. The van der Waals surface area contributed by atoms with Gasteiger partial charge in [-0.25, -0.2) is 0 Å². The van der Waals surface area contributed by atoms with E-state index in [0.717, 1.165) is 19.4 Å². The molecule has 0 radical (unpaired) electrons. The molecule has 0 aliphatic heterocycles. The molecule has 2 nitrogen and oxygen atoms in total. The van der Waals surface area contributed by atoms with Crippen molar-refractivity contribution in [2.75, 3.05) is 13.6 Å². The number of carbonyl (C=O) groups excluding carboxylic acids is 1. The second-order valence-corrected chi connectivity index (χ2v) is 6.55. The summed E-state index contributed by atoms with van der Waals surface area (Å²) in [5, 5.41) is 0. The van der Waals surface area contributed by atoms with Crippen molar-refractivity contribution in [3.8, 4) is 0 Å². The van der Waals surface area contributed by atoms with Gasteiger partial charge >= 0.3 is 0 Å². The summed E-state index contributed by atoms with van der Waals surface area (Å²) < 4.78 is 0. The Balaban J connectivity index is 3.29. The third-order valence-electron chi connectivity index (χ3n) is 4.25. The van der Waals surface area contributed by atoms with Crippen LogP contribution in [0.15, 0.2) is 37.0 Å². The minimum atomic E-state index is 0.0255. The Kier molecular flexibility index (Phi) is 17.1. The van der Waals surface area contributed by atoms with E-state index in [2.05, 4.69) is 37.8 Å². The van der Waals surface area contributed by atoms with E-state index < -0.39 is 0 Å². The van der Waals surface area contributed by atoms with E-state index >= 15 is 0 Å². The third kappa shape index (κ3) is 15.6. The lowest BCUT2D eigenvalue weighted by molar-refractivity contribution is -0.124. The van der Waals surface area contributed by atoms with Crippen LogP contribution >= 0.6 is 0 Å². The van der Waals surface area contributed by atoms with Crippen molar-refractivity contribution in [2.45, 2.75) is 84.0 Å². The minimum absolute atomic E-state index is 0.0255. The first-order valence-electron chi connectivity index (χ1n) is 9.89. The molecule has 0 aliphatic rings. The molecule has 24 heavy (non-hydrogen) atoms. The zero-order valence-corrected chi connectivity index (χ0v) is 16.1. The number of allylic oxidation sites excluding steroid dienone is 4. The molecule has 0 fully saturated rings. The summed E-state index contributed by atoms with van der Waals surface area (Å²) >= 11 is 0. The van der Waals surface area contributed by atoms with Crippen molar-refractivity contribution < 1.29 is 4.79 Å². The lowest BCUT2D eigenvalue weighted by atomic mass is 10.1. The molecule has 1 amide bonds. The molecule has 0 N–H and O–H groups in total. The van der Waals surface area contributed by atoms with E-state index in [1.54, 1.807) is 4.90 Å². The number of likely N-dealkylation sites (N-methyl/N-ethyl adjacent to an activating group) is 1. The first-order chi connectivity index (χ1) is 11.7. The van der Waals surface area contributed by atoms with Gasteiger partial charge in [-0.15, -0.1) is 0 Å². The highest BCUT2D eigenvalue weighted by atomic mass is 16.2. The summed E-state index contributed by atoms with van der Waals surface area (Å²) in [6, 6.07) is 0. The molecule has 0 rings (SSSR count). The number of amides is 1. The summed E-state index contributed by atoms with van der Waals surface area (Å²) in [5.74, 6) is 0.0255. The molecule has 0 saturated heterocycles. The van der Waals surface area contributed by atoms with Crippen LogP contribution in [0.1, 0.15) is 84.0 Å². The van der Waals surface area contributed by atoms with Crippen LogP contribution in [0, 0.1) is 0 Å². The first-order valence-corrected chi connectivity index (χ1v) is 9.89. The summed E-state index contributed by atoms with van der Waals surface area (Å²) in [6.45, 7) is 6.60. The highest BCUT2D eigenvalue weighted by molar-refractivity contribution is 5.86. The lowest BCUT2D eigenvalue weighted by Gasteiger charge is -2.14. The van der Waals surface area contributed by atoms with Crippen molar-refractivity contribution in [1.29, 1.82) is 0 Å². The second kappa shape index (κ2) is 18.0. The molecular formula is C22H39NO. The van der Waals surface area contributed by atoms with Gasteiger partial charge in [-0.3, -0.25) is 4.79 Å². The quantitative estimate of drug-likeness (QED) is 0.181. The average molecular weight is 334 g/mol. The highest BCUT2D eigenvalue weighted by Crippen LogP contribution is 2.08. The molecule has 0 aliphatic carbocycles. The van der Waals surface area contributed by atoms with E-state index in [1.807, 2.05) is 7.05 Å². The topological polar surface area (TPSA) is 20.3 Å². The Morgan fingerprint density at radius 1 is 0.833 bits per heavy atom. The van der Waals surface area contributed by atoms with Crippen molar-refractivity contribution in [3.05, 3.63) is 37.0 Å². The van der Waals surface area contributed by atoms with Crippen LogP contribution in [0.2, 0.25) is 0 Å². The first kappa shape index (κ1) is 22.7. The van der Waals surface area contributed by atoms with Crippen molar-refractivity contribution in [2.24, 2.45) is 0 Å². The molecule has 0 atom stereocenters. The van der Waals surface area contributed by atoms with Crippen LogP contribution in [0.25, 0.3) is 0 Å². The van der Waals surface area contributed by atoms with E-state index in [0.29, 0.717) is 0 Å². The number of hydrogen-bond acceptors (Lipinski definition) is 1. The maximum atomic E-state index is 11.3. The van der Waals surface area contributed by atoms with Crippen LogP contribution in [-0.4, -0.2) is 24.4 Å². The largest absolute Gasteiger partial charge is 0.342 e. The molecule has 0 unspecified atom stereocenters. The van der Waals surface area contributed by atoms with Crippen LogP contribution < -0.4 is 0 Å². The zero-order chi connectivity index (χ0) is 17.9. The molecular weight excluding hydrogens is 294 g/mol. The molecule has 0 heterocycles. The van der Waals surface area contributed by atoms with E-state index in [1.165, 1.54) is 70.3 Å². The van der Waals surface area contributed by atoms with E-state index in [4.69, 9.17) is 0 Å². The SMILES string of the molecule is C=CC(=O)N(C)CCCCCCCC/C=C\C/C=C\CCCCC. The van der Waals surface area contributed by atoms with Gasteiger partial charge in [0, 0.05) is 13.6 Å². The number of hydrogen-bond donors (Lipinski definition) is 0. The molecule has 2 heteroatoms. The molecule has 0 saturated carbocycles. The summed E-state index contributed by atoms with van der Waals surface area (Å²) in [6.07, 6.45) is 25.7. The molecule has 0 aromatic heterocycles. The molecule has 0 aromatic rings. The lowest BCUT2D eigenvalue weighted by Crippen LogP contribution is -2.25. The maximum absolute atomic E-state index is 11.3. The van der Waals surface area contributed by atoms with Gasteiger partial charge < -0.3 is 4.90 Å². The number of nitrogens with zero attached hydrogens (tertiary/aromatic N) is 1. The van der Waals surface area contributed by atoms with Gasteiger partial charge in [-0.1, -0.05) is 76.3 Å². The number of rotatable bonds is 16. The Labute approximate surface area is 150 Å². The van der Waals surface area contributed by atoms with Gasteiger partial charge in [-0.2, -0.15) is 0 Å². The van der Waals surface area contributed by atoms with E-state index in [-0.39, 0.29) is 5.91 Å². The second-order valence-electron chi connectivity index (χ2n) is 6.55. The third-order valence-corrected chi connectivity index (χ3v) is 4.25. The molecule has 0 spiro atoms. The van der Waals surface area contributed by atoms with Gasteiger partial charge in [0.2, 0.25) is 5.91 Å². The summed E-state index contributed by atoms with van der Waals surface area (Å²) in [5.41, 5.74) is 0. The van der Waals surface area contributed by atoms with Crippen molar-refractivity contribution >= 4 is 5.91 Å². The fraction of sp³-hybridized carbons (Fsp3) is 0.682. The van der Waals surface area contributed by atoms with Gasteiger partial charge in [0.15, 0.2) is 0 Å². The predicted molar refractivity (Wildman–Crippen MR) is 107 cm³/mol. The number of carbonyl (C=O) groups is 1. The number of unbranched alkanes of at least 4 members (excludes halogenated alkanes) is 9. The fourth-order valence-electron chi connectivity index (χ4n) is 2.60. The monoisotopic (exact) mass is 333 g/mol. The van der Waals surface area contributed by atoms with Crippen LogP contribution in [0.5, 0.6) is 0 Å². The Morgan fingerprint density at radius 2 is 1.38 bits per heavy atom. The smallest absolute Gasteiger partial charge is 0.245 e. The van der Waals surface area contributed by atoms with Crippen molar-refractivity contribution in [1.82, 2.24) is 4.90 Å². The minimum Gasteiger partial charge on any atom is -0.342 e. The van der Waals surface area contributed by atoms with Crippen LogP contribution in [0.4, 0.5) is 0 Å². The van der Waals surface area contributed by atoms with Gasteiger partial charge in [-0.05, 0) is 44.6 Å². The fourth-order valence-corrected chi connectivity index (χ4v) is 2.60. The molecule has 138 valence electrons. The van der Waals surface area contributed by atoms with Crippen LogP contribution in [-0.2, 0) is 4.79 Å². The highest BCUT2D eigenvalue weighted by Gasteiger charge is 2.02.